The van der Waals surface area contributed by atoms with Crippen LogP contribution in [-0.4, -0.2) is 26.9 Å². The number of hydrogen-bond acceptors (Lipinski definition) is 6. The number of para-hydroxylation sites is 1. The van der Waals surface area contributed by atoms with Crippen molar-refractivity contribution in [1.82, 2.24) is 20.2 Å². The second kappa shape index (κ2) is 12.4. The number of hydrazone groups is 1. The number of fused-ring (bicyclic) bond motifs is 2. The zero-order valence-electron chi connectivity index (χ0n) is 23.6. The second-order valence-electron chi connectivity index (χ2n) is 10.3. The Morgan fingerprint density at radius 3 is 2.18 bits per heavy atom. The van der Waals surface area contributed by atoms with E-state index in [0.29, 0.717) is 22.4 Å². The molecule has 5 aromatic carbocycles. The summed E-state index contributed by atoms with van der Waals surface area (Å²) in [6.45, 7) is 0. The van der Waals surface area contributed by atoms with Gasteiger partial charge in [-0.25, -0.2) is 5.43 Å². The molecule has 0 radical (unpaired) electrons. The van der Waals surface area contributed by atoms with Crippen LogP contribution < -0.4 is 5.43 Å². The summed E-state index contributed by atoms with van der Waals surface area (Å²) in [7, 11) is 0. The number of rotatable bonds is 9. The highest BCUT2D eigenvalue weighted by atomic mass is 32.2. The smallest absolute Gasteiger partial charge is 0.244 e. The number of benzene rings is 5. The standard InChI is InChI=1S/C36H27N5O2S/c42-34(23-28-15-9-13-26-11-5-7-19-32(26)28)39-37-24-30-20-21-35(43-30)44-36-40-38-33(41(36)29-16-2-1-3-17-29)22-27-14-8-12-25-10-4-6-18-31(25)27/h1-21,24H,22-23H2,(H,39,42)/b37-24-. The van der Waals surface area contributed by atoms with Gasteiger partial charge in [-0.3, -0.25) is 9.36 Å². The molecule has 0 aliphatic heterocycles. The van der Waals surface area contributed by atoms with E-state index in [0.717, 1.165) is 27.8 Å². The van der Waals surface area contributed by atoms with Crippen LogP contribution in [0.25, 0.3) is 27.2 Å². The fourth-order valence-corrected chi connectivity index (χ4v) is 6.15. The summed E-state index contributed by atoms with van der Waals surface area (Å²) < 4.78 is 8.07. The molecule has 0 bridgehead atoms. The van der Waals surface area contributed by atoms with Gasteiger partial charge in [0.05, 0.1) is 12.6 Å². The summed E-state index contributed by atoms with van der Waals surface area (Å²) in [5.41, 5.74) is 5.72. The Labute approximate surface area is 258 Å². The van der Waals surface area contributed by atoms with Gasteiger partial charge in [0.15, 0.2) is 5.09 Å². The molecule has 0 unspecified atom stereocenters. The average molecular weight is 594 g/mol. The Morgan fingerprint density at radius 1 is 0.750 bits per heavy atom. The van der Waals surface area contributed by atoms with Crippen molar-refractivity contribution in [3.8, 4) is 5.69 Å². The van der Waals surface area contributed by atoms with Crippen LogP contribution in [-0.2, 0) is 17.6 Å². The number of carbonyl (C=O) groups is 1. The van der Waals surface area contributed by atoms with Crippen LogP contribution in [0, 0.1) is 0 Å². The maximum atomic E-state index is 12.6. The summed E-state index contributed by atoms with van der Waals surface area (Å²) in [5.74, 6) is 1.14. The van der Waals surface area contributed by atoms with Gasteiger partial charge in [-0.05, 0) is 68.7 Å². The van der Waals surface area contributed by atoms with Crippen LogP contribution in [0.3, 0.4) is 0 Å². The first-order valence-corrected chi connectivity index (χ1v) is 15.1. The number of furan rings is 1. The quantitative estimate of drug-likeness (QED) is 0.138. The van der Waals surface area contributed by atoms with E-state index >= 15 is 0 Å². The number of amides is 1. The van der Waals surface area contributed by atoms with Gasteiger partial charge in [0.25, 0.3) is 0 Å². The van der Waals surface area contributed by atoms with Crippen molar-refractivity contribution in [2.45, 2.75) is 23.1 Å². The monoisotopic (exact) mass is 593 g/mol. The van der Waals surface area contributed by atoms with Crippen molar-refractivity contribution in [3.05, 3.63) is 150 Å². The van der Waals surface area contributed by atoms with Crippen LogP contribution >= 0.6 is 11.8 Å². The van der Waals surface area contributed by atoms with E-state index in [1.807, 2.05) is 84.9 Å². The molecule has 0 saturated carbocycles. The minimum atomic E-state index is -0.201. The average Bonchev–Trinajstić information content (AvgIpc) is 3.68. The van der Waals surface area contributed by atoms with Crippen molar-refractivity contribution >= 4 is 45.4 Å². The lowest BCUT2D eigenvalue weighted by molar-refractivity contribution is -0.120. The summed E-state index contributed by atoms with van der Waals surface area (Å²) >= 11 is 1.38. The van der Waals surface area contributed by atoms with E-state index in [2.05, 4.69) is 67.8 Å². The fourth-order valence-electron chi connectivity index (χ4n) is 5.31. The van der Waals surface area contributed by atoms with Crippen LogP contribution in [0.4, 0.5) is 0 Å². The Hall–Kier alpha value is -5.47. The molecule has 0 spiro atoms. The molecule has 7 aromatic rings. The van der Waals surface area contributed by atoms with E-state index in [1.54, 1.807) is 0 Å². The van der Waals surface area contributed by atoms with Gasteiger partial charge in [-0.15, -0.1) is 10.2 Å². The van der Waals surface area contributed by atoms with Gasteiger partial charge in [0.2, 0.25) is 11.1 Å². The van der Waals surface area contributed by atoms with Crippen LogP contribution in [0.5, 0.6) is 0 Å². The molecule has 2 heterocycles. The summed E-state index contributed by atoms with van der Waals surface area (Å²) in [6.07, 6.45) is 2.35. The first-order chi connectivity index (χ1) is 21.7. The molecule has 1 N–H and O–H groups in total. The Morgan fingerprint density at radius 2 is 1.41 bits per heavy atom. The highest BCUT2D eigenvalue weighted by molar-refractivity contribution is 7.99. The lowest BCUT2D eigenvalue weighted by Crippen LogP contribution is -2.19. The van der Waals surface area contributed by atoms with E-state index in [-0.39, 0.29) is 12.3 Å². The SMILES string of the molecule is O=C(Cc1cccc2ccccc12)N/N=C\c1ccc(Sc2nnc(Cc3cccc4ccccc34)n2-c2ccccc2)o1. The van der Waals surface area contributed by atoms with Crippen molar-refractivity contribution in [2.75, 3.05) is 0 Å². The van der Waals surface area contributed by atoms with Gasteiger partial charge in [0.1, 0.15) is 11.6 Å². The molecule has 7 rings (SSSR count). The highest BCUT2D eigenvalue weighted by Crippen LogP contribution is 2.31. The normalized spacial score (nSPS) is 11.5. The second-order valence-corrected chi connectivity index (χ2v) is 11.2. The number of aromatic nitrogens is 3. The molecular weight excluding hydrogens is 566 g/mol. The lowest BCUT2D eigenvalue weighted by Gasteiger charge is -2.11. The number of hydrogen-bond donors (Lipinski definition) is 1. The molecule has 8 heteroatoms. The third-order valence-electron chi connectivity index (χ3n) is 7.35. The fraction of sp³-hybridized carbons (Fsp3) is 0.0556. The molecule has 0 fully saturated rings. The molecular formula is C36H27N5O2S. The number of nitrogens with one attached hydrogen (secondary N) is 1. The molecule has 214 valence electrons. The van der Waals surface area contributed by atoms with E-state index in [9.17, 15) is 4.79 Å². The highest BCUT2D eigenvalue weighted by Gasteiger charge is 2.18. The Bertz CT molecular complexity index is 2110. The number of nitrogens with zero attached hydrogens (tertiary/aromatic N) is 4. The summed E-state index contributed by atoms with van der Waals surface area (Å²) in [5, 5.41) is 19.1. The zero-order chi connectivity index (χ0) is 29.7. The van der Waals surface area contributed by atoms with Gasteiger partial charge >= 0.3 is 0 Å². The Balaban J connectivity index is 1.07. The number of carbonyl (C=O) groups excluding carboxylic acids is 1. The van der Waals surface area contributed by atoms with Crippen LogP contribution in [0.1, 0.15) is 22.7 Å². The van der Waals surface area contributed by atoms with E-state index in [4.69, 9.17) is 4.42 Å². The van der Waals surface area contributed by atoms with Crippen molar-refractivity contribution in [1.29, 1.82) is 0 Å². The molecule has 2 aromatic heterocycles. The van der Waals surface area contributed by atoms with Crippen LogP contribution in [0.15, 0.2) is 147 Å². The van der Waals surface area contributed by atoms with Gasteiger partial charge in [-0.2, -0.15) is 5.10 Å². The molecule has 0 saturated heterocycles. The predicted molar refractivity (Wildman–Crippen MR) is 174 cm³/mol. The predicted octanol–water partition coefficient (Wildman–Crippen LogP) is 7.60. The zero-order valence-corrected chi connectivity index (χ0v) is 24.4. The van der Waals surface area contributed by atoms with Crippen molar-refractivity contribution < 1.29 is 9.21 Å². The largest absolute Gasteiger partial charge is 0.448 e. The van der Waals surface area contributed by atoms with E-state index < -0.39 is 0 Å². The maximum absolute atomic E-state index is 12.6. The Kier molecular flexibility index (Phi) is 7.72. The molecule has 0 aliphatic carbocycles. The van der Waals surface area contributed by atoms with Crippen molar-refractivity contribution in [2.24, 2.45) is 5.10 Å². The van der Waals surface area contributed by atoms with Crippen molar-refractivity contribution in [3.63, 3.8) is 0 Å². The maximum Gasteiger partial charge on any atom is 0.244 e. The minimum Gasteiger partial charge on any atom is -0.448 e. The molecule has 7 nitrogen and oxygen atoms in total. The van der Waals surface area contributed by atoms with Gasteiger partial charge in [-0.1, -0.05) is 103 Å². The molecule has 1 amide bonds. The van der Waals surface area contributed by atoms with Gasteiger partial charge < -0.3 is 4.42 Å². The molecule has 44 heavy (non-hydrogen) atoms. The molecule has 0 atom stereocenters. The molecule has 0 aliphatic rings. The summed E-state index contributed by atoms with van der Waals surface area (Å²) in [4.78, 5) is 12.6. The third-order valence-corrected chi connectivity index (χ3v) is 8.22. The van der Waals surface area contributed by atoms with E-state index in [1.165, 1.54) is 34.3 Å². The lowest BCUT2D eigenvalue weighted by atomic mass is 10.0. The first-order valence-electron chi connectivity index (χ1n) is 14.2. The summed E-state index contributed by atoms with van der Waals surface area (Å²) in [6, 6.07) is 42.4. The topological polar surface area (TPSA) is 85.3 Å². The minimum absolute atomic E-state index is 0.201. The third kappa shape index (κ3) is 5.88. The van der Waals surface area contributed by atoms with Crippen LogP contribution in [0.2, 0.25) is 0 Å². The first kappa shape index (κ1) is 27.4. The van der Waals surface area contributed by atoms with Gasteiger partial charge in [0, 0.05) is 12.1 Å².